The molecule has 1 saturated heterocycles. The number of nitrogens with zero attached hydrogens (tertiary/aromatic N) is 1. The maximum absolute atomic E-state index is 5.80. The van der Waals surface area contributed by atoms with Gasteiger partial charge in [0.2, 0.25) is 0 Å². The molecule has 0 saturated carbocycles. The van der Waals surface area contributed by atoms with Crippen LogP contribution in [0.1, 0.15) is 26.2 Å². The van der Waals surface area contributed by atoms with Gasteiger partial charge in [-0.25, -0.2) is 0 Å². The summed E-state index contributed by atoms with van der Waals surface area (Å²) in [5.41, 5.74) is 7.05. The molecule has 0 aromatic carbocycles. The average Bonchev–Trinajstić information content (AvgIpc) is 2.25. The van der Waals surface area contributed by atoms with Crippen LogP contribution < -0.4 is 5.73 Å². The number of nitrogens with two attached hydrogens (primary N) is 1. The van der Waals surface area contributed by atoms with E-state index in [1.54, 1.807) is 7.11 Å². The van der Waals surface area contributed by atoms with E-state index in [1.807, 2.05) is 0 Å². The minimum absolute atomic E-state index is 0.402. The summed E-state index contributed by atoms with van der Waals surface area (Å²) in [5.74, 6) is 0. The number of methoxy groups -OCH3 is 1. The quantitative estimate of drug-likeness (QED) is 0.700. The summed E-state index contributed by atoms with van der Waals surface area (Å²) in [6, 6.07) is 0.489. The topological polar surface area (TPSA) is 38.5 Å². The highest BCUT2D eigenvalue weighted by Gasteiger charge is 2.26. The van der Waals surface area contributed by atoms with E-state index in [0.717, 1.165) is 38.9 Å². The van der Waals surface area contributed by atoms with E-state index in [1.165, 1.54) is 5.57 Å². The first-order valence-corrected chi connectivity index (χ1v) is 5.78. The molecule has 1 heterocycles. The summed E-state index contributed by atoms with van der Waals surface area (Å²) in [5, 5.41) is 0. The van der Waals surface area contributed by atoms with E-state index in [9.17, 15) is 0 Å². The second kappa shape index (κ2) is 6.26. The van der Waals surface area contributed by atoms with Gasteiger partial charge in [0.25, 0.3) is 0 Å². The van der Waals surface area contributed by atoms with Crippen LogP contribution in [0.3, 0.4) is 0 Å². The molecule has 88 valence electrons. The number of ether oxygens (including phenoxy) is 1. The molecular weight excluding hydrogens is 188 g/mol. The van der Waals surface area contributed by atoms with Gasteiger partial charge in [0.15, 0.2) is 0 Å². The normalized spacial score (nSPS) is 27.9. The van der Waals surface area contributed by atoms with Gasteiger partial charge in [0.05, 0.1) is 6.10 Å². The molecule has 1 fully saturated rings. The molecule has 0 aromatic heterocycles. The van der Waals surface area contributed by atoms with Crippen LogP contribution in [-0.4, -0.2) is 43.8 Å². The number of hydrogen-bond acceptors (Lipinski definition) is 3. The molecule has 3 nitrogen and oxygen atoms in total. The van der Waals surface area contributed by atoms with Gasteiger partial charge in [0.1, 0.15) is 0 Å². The Morgan fingerprint density at radius 2 is 2.33 bits per heavy atom. The molecule has 15 heavy (non-hydrogen) atoms. The van der Waals surface area contributed by atoms with Gasteiger partial charge < -0.3 is 10.5 Å². The van der Waals surface area contributed by atoms with Crippen molar-refractivity contribution < 1.29 is 4.74 Å². The van der Waals surface area contributed by atoms with Crippen LogP contribution in [0.2, 0.25) is 0 Å². The van der Waals surface area contributed by atoms with Crippen molar-refractivity contribution in [1.82, 2.24) is 4.90 Å². The number of rotatable bonds is 5. The molecule has 3 heteroatoms. The first kappa shape index (κ1) is 12.7. The molecule has 1 rings (SSSR count). The third-order valence-corrected chi connectivity index (χ3v) is 3.22. The first-order valence-electron chi connectivity index (χ1n) is 5.78. The largest absolute Gasteiger partial charge is 0.381 e. The maximum atomic E-state index is 5.80. The Morgan fingerprint density at radius 3 is 2.87 bits per heavy atom. The van der Waals surface area contributed by atoms with E-state index in [0.29, 0.717) is 12.1 Å². The Bertz CT molecular complexity index is 206. The van der Waals surface area contributed by atoms with Crippen molar-refractivity contribution >= 4 is 0 Å². The molecule has 0 bridgehead atoms. The summed E-state index contributed by atoms with van der Waals surface area (Å²) in [7, 11) is 1.79. The lowest BCUT2D eigenvalue weighted by Crippen LogP contribution is -2.48. The van der Waals surface area contributed by atoms with Gasteiger partial charge in [0, 0.05) is 32.8 Å². The van der Waals surface area contributed by atoms with Gasteiger partial charge in [-0.1, -0.05) is 5.57 Å². The fourth-order valence-electron chi connectivity index (χ4n) is 2.15. The molecule has 2 N–H and O–H groups in total. The molecule has 0 spiro atoms. The predicted molar refractivity (Wildman–Crippen MR) is 63.9 cm³/mol. The van der Waals surface area contributed by atoms with Gasteiger partial charge in [-0.3, -0.25) is 4.90 Å². The van der Waals surface area contributed by atoms with Crippen molar-refractivity contribution in [3.05, 3.63) is 12.2 Å². The highest BCUT2D eigenvalue weighted by atomic mass is 16.5. The Hall–Kier alpha value is -0.380. The standard InChI is InChI=1S/C12H24N2O/c1-10(2)4-6-14-7-5-12(15-3)8-11(14)9-13/h11-12H,1,4-9,13H2,2-3H3. The highest BCUT2D eigenvalue weighted by Crippen LogP contribution is 2.19. The molecule has 2 unspecified atom stereocenters. The van der Waals surface area contributed by atoms with Crippen molar-refractivity contribution in [2.24, 2.45) is 5.73 Å². The van der Waals surface area contributed by atoms with Crippen molar-refractivity contribution in [1.29, 1.82) is 0 Å². The average molecular weight is 212 g/mol. The SMILES string of the molecule is C=C(C)CCN1CCC(OC)CC1CN. The molecule has 1 aliphatic heterocycles. The van der Waals surface area contributed by atoms with E-state index >= 15 is 0 Å². The Morgan fingerprint density at radius 1 is 1.60 bits per heavy atom. The van der Waals surface area contributed by atoms with Crippen LogP contribution in [0, 0.1) is 0 Å². The van der Waals surface area contributed by atoms with E-state index in [2.05, 4.69) is 18.4 Å². The smallest absolute Gasteiger partial charge is 0.0599 e. The van der Waals surface area contributed by atoms with Gasteiger partial charge in [-0.15, -0.1) is 6.58 Å². The van der Waals surface area contributed by atoms with Gasteiger partial charge >= 0.3 is 0 Å². The minimum atomic E-state index is 0.402. The summed E-state index contributed by atoms with van der Waals surface area (Å²) in [6.45, 7) is 8.95. The lowest BCUT2D eigenvalue weighted by atomic mass is 9.99. The van der Waals surface area contributed by atoms with E-state index < -0.39 is 0 Å². The van der Waals surface area contributed by atoms with E-state index in [-0.39, 0.29) is 0 Å². The van der Waals surface area contributed by atoms with E-state index in [4.69, 9.17) is 10.5 Å². The van der Waals surface area contributed by atoms with Crippen molar-refractivity contribution in [2.75, 3.05) is 26.7 Å². The predicted octanol–water partition coefficient (Wildman–Crippen LogP) is 1.39. The number of likely N-dealkylation sites (tertiary alicyclic amines) is 1. The van der Waals surface area contributed by atoms with Crippen LogP contribution in [0.4, 0.5) is 0 Å². The molecule has 2 atom stereocenters. The summed E-state index contributed by atoms with van der Waals surface area (Å²) < 4.78 is 5.40. The fourth-order valence-corrected chi connectivity index (χ4v) is 2.15. The third-order valence-electron chi connectivity index (χ3n) is 3.22. The molecule has 0 amide bonds. The summed E-state index contributed by atoms with van der Waals surface area (Å²) in [4.78, 5) is 2.48. The fraction of sp³-hybridized carbons (Fsp3) is 0.833. The molecule has 0 radical (unpaired) electrons. The van der Waals surface area contributed by atoms with Crippen LogP contribution in [0.5, 0.6) is 0 Å². The first-order chi connectivity index (χ1) is 7.17. The van der Waals surface area contributed by atoms with Crippen LogP contribution in [-0.2, 0) is 4.74 Å². The molecular formula is C12H24N2O. The second-order valence-electron chi connectivity index (χ2n) is 4.51. The Kier molecular flexibility index (Phi) is 5.29. The maximum Gasteiger partial charge on any atom is 0.0599 e. The molecule has 0 aliphatic carbocycles. The minimum Gasteiger partial charge on any atom is -0.381 e. The zero-order chi connectivity index (χ0) is 11.3. The zero-order valence-corrected chi connectivity index (χ0v) is 10.0. The Labute approximate surface area is 93.3 Å². The second-order valence-corrected chi connectivity index (χ2v) is 4.51. The van der Waals surface area contributed by atoms with Crippen molar-refractivity contribution in [3.8, 4) is 0 Å². The third kappa shape index (κ3) is 3.93. The van der Waals surface area contributed by atoms with Gasteiger partial charge in [-0.2, -0.15) is 0 Å². The summed E-state index contributed by atoms with van der Waals surface area (Å²) >= 11 is 0. The van der Waals surface area contributed by atoms with Crippen LogP contribution >= 0.6 is 0 Å². The highest BCUT2D eigenvalue weighted by molar-refractivity contribution is 4.91. The molecule has 0 aromatic rings. The Balaban J connectivity index is 2.40. The van der Waals surface area contributed by atoms with Crippen molar-refractivity contribution in [2.45, 2.75) is 38.3 Å². The molecule has 1 aliphatic rings. The van der Waals surface area contributed by atoms with Gasteiger partial charge in [-0.05, 0) is 26.2 Å². The summed E-state index contributed by atoms with van der Waals surface area (Å²) in [6.07, 6.45) is 3.68. The zero-order valence-electron chi connectivity index (χ0n) is 10.0. The number of hydrogen-bond donors (Lipinski definition) is 1. The van der Waals surface area contributed by atoms with Crippen molar-refractivity contribution in [3.63, 3.8) is 0 Å². The van der Waals surface area contributed by atoms with Crippen LogP contribution in [0.15, 0.2) is 12.2 Å². The monoisotopic (exact) mass is 212 g/mol. The number of piperidine rings is 1. The lowest BCUT2D eigenvalue weighted by Gasteiger charge is -2.38. The lowest BCUT2D eigenvalue weighted by molar-refractivity contribution is 0.0138. The van der Waals surface area contributed by atoms with Crippen LogP contribution in [0.25, 0.3) is 0 Å².